The van der Waals surface area contributed by atoms with Gasteiger partial charge in [-0.05, 0) is 56.7 Å². The van der Waals surface area contributed by atoms with Gasteiger partial charge in [0, 0.05) is 18.8 Å². The summed E-state index contributed by atoms with van der Waals surface area (Å²) in [5.41, 5.74) is 3.79. The van der Waals surface area contributed by atoms with Gasteiger partial charge < -0.3 is 9.64 Å². The molecule has 1 saturated carbocycles. The van der Waals surface area contributed by atoms with E-state index in [1.54, 1.807) is 0 Å². The Kier molecular flexibility index (Phi) is 5.19. The zero-order chi connectivity index (χ0) is 18.8. The maximum absolute atomic E-state index is 13.3. The normalized spacial score (nSPS) is 17.7. The number of rotatable bonds is 6. The van der Waals surface area contributed by atoms with Crippen molar-refractivity contribution in [3.63, 3.8) is 0 Å². The summed E-state index contributed by atoms with van der Waals surface area (Å²) in [6, 6.07) is 9.91. The van der Waals surface area contributed by atoms with Crippen LogP contribution in [-0.4, -0.2) is 32.7 Å². The first-order valence-corrected chi connectivity index (χ1v) is 10.2. The maximum Gasteiger partial charge on any atom is 0.263 e. The fourth-order valence-electron chi connectivity index (χ4n) is 4.58. The number of nitrogens with zero attached hydrogens (tertiary/aromatic N) is 3. The molecular formula is C22H29N3O2. The summed E-state index contributed by atoms with van der Waals surface area (Å²) in [7, 11) is 2.02. The van der Waals surface area contributed by atoms with Crippen LogP contribution in [0.5, 0.6) is 5.75 Å². The molecule has 4 rings (SSSR count). The zero-order valence-electron chi connectivity index (χ0n) is 16.4. The molecule has 1 aromatic carbocycles. The first kappa shape index (κ1) is 18.1. The van der Waals surface area contributed by atoms with Gasteiger partial charge in [-0.3, -0.25) is 9.48 Å². The number of aryl methyl sites for hydroxylation is 1. The molecule has 1 fully saturated rings. The number of hydrogen-bond donors (Lipinski definition) is 0. The van der Waals surface area contributed by atoms with Gasteiger partial charge >= 0.3 is 0 Å². The van der Waals surface area contributed by atoms with Gasteiger partial charge in [0.25, 0.3) is 5.91 Å². The van der Waals surface area contributed by atoms with Crippen LogP contribution in [-0.2, 0) is 31.2 Å². The molecule has 1 amide bonds. The number of benzene rings is 1. The first-order valence-electron chi connectivity index (χ1n) is 10.2. The van der Waals surface area contributed by atoms with E-state index in [1.807, 2.05) is 53.9 Å². The Balaban J connectivity index is 1.54. The quantitative estimate of drug-likeness (QED) is 0.783. The third-order valence-electron chi connectivity index (χ3n) is 5.97. The molecule has 2 aromatic rings. The minimum absolute atomic E-state index is 0.0724. The smallest absolute Gasteiger partial charge is 0.263 e. The summed E-state index contributed by atoms with van der Waals surface area (Å²) in [5, 5.41) is 4.75. The van der Waals surface area contributed by atoms with Crippen molar-refractivity contribution in [2.75, 3.05) is 0 Å². The van der Waals surface area contributed by atoms with E-state index in [2.05, 4.69) is 0 Å². The van der Waals surface area contributed by atoms with Gasteiger partial charge in [0.15, 0.2) is 6.10 Å². The van der Waals surface area contributed by atoms with Gasteiger partial charge in [-0.15, -0.1) is 0 Å². The number of aromatic nitrogens is 2. The lowest BCUT2D eigenvalue weighted by Crippen LogP contribution is -2.45. The highest BCUT2D eigenvalue weighted by molar-refractivity contribution is 5.81. The third-order valence-corrected chi connectivity index (χ3v) is 5.97. The number of fused-ring (bicyclic) bond motifs is 1. The lowest BCUT2D eigenvalue weighted by molar-refractivity contribution is -0.141. The summed E-state index contributed by atoms with van der Waals surface area (Å²) in [6.07, 6.45) is 7.44. The molecule has 0 saturated heterocycles. The Morgan fingerprint density at radius 2 is 1.96 bits per heavy atom. The highest BCUT2D eigenvalue weighted by atomic mass is 16.5. The second-order valence-electron chi connectivity index (χ2n) is 7.83. The molecule has 0 bridgehead atoms. The van der Waals surface area contributed by atoms with Gasteiger partial charge in [-0.1, -0.05) is 31.0 Å². The molecule has 0 N–H and O–H groups in total. The van der Waals surface area contributed by atoms with Crippen molar-refractivity contribution in [3.8, 4) is 5.75 Å². The number of ether oxygens (including phenoxy) is 1. The fourth-order valence-corrected chi connectivity index (χ4v) is 4.58. The highest BCUT2D eigenvalue weighted by Gasteiger charge is 2.33. The molecule has 2 aliphatic carbocycles. The number of amides is 1. The van der Waals surface area contributed by atoms with E-state index in [0.717, 1.165) is 37.1 Å². The summed E-state index contributed by atoms with van der Waals surface area (Å²) >= 11 is 0. The number of hydrogen-bond acceptors (Lipinski definition) is 3. The van der Waals surface area contributed by atoms with Crippen LogP contribution >= 0.6 is 0 Å². The van der Waals surface area contributed by atoms with E-state index in [4.69, 9.17) is 9.84 Å². The third kappa shape index (κ3) is 3.73. The molecule has 0 spiro atoms. The van der Waals surface area contributed by atoms with Crippen molar-refractivity contribution in [2.24, 2.45) is 7.05 Å². The predicted molar refractivity (Wildman–Crippen MR) is 105 cm³/mol. The molecule has 5 nitrogen and oxygen atoms in total. The summed E-state index contributed by atoms with van der Waals surface area (Å²) < 4.78 is 7.95. The molecular weight excluding hydrogens is 338 g/mol. The lowest BCUT2D eigenvalue weighted by atomic mass is 10.1. The molecule has 27 heavy (non-hydrogen) atoms. The average Bonchev–Trinajstić information content (AvgIpc) is 3.41. The lowest BCUT2D eigenvalue weighted by Gasteiger charge is -2.31. The van der Waals surface area contributed by atoms with E-state index in [0.29, 0.717) is 12.6 Å². The monoisotopic (exact) mass is 367 g/mol. The molecule has 0 radical (unpaired) electrons. The van der Waals surface area contributed by atoms with Crippen LogP contribution in [0.25, 0.3) is 0 Å². The average molecular weight is 367 g/mol. The molecule has 0 unspecified atom stereocenters. The minimum atomic E-state index is -0.496. The summed E-state index contributed by atoms with van der Waals surface area (Å²) in [4.78, 5) is 15.4. The second kappa shape index (κ2) is 7.75. The largest absolute Gasteiger partial charge is 0.481 e. The van der Waals surface area contributed by atoms with Crippen molar-refractivity contribution in [2.45, 2.75) is 70.6 Å². The Labute approximate surface area is 161 Å². The van der Waals surface area contributed by atoms with Gasteiger partial charge in [-0.2, -0.15) is 5.10 Å². The highest BCUT2D eigenvalue weighted by Crippen LogP contribution is 2.30. The zero-order valence-corrected chi connectivity index (χ0v) is 16.4. The fraction of sp³-hybridized carbons (Fsp3) is 0.545. The van der Waals surface area contributed by atoms with Crippen LogP contribution in [0.4, 0.5) is 0 Å². The van der Waals surface area contributed by atoms with Crippen LogP contribution in [0, 0.1) is 0 Å². The Morgan fingerprint density at radius 1 is 1.22 bits per heavy atom. The van der Waals surface area contributed by atoms with Crippen molar-refractivity contribution in [1.29, 1.82) is 0 Å². The Morgan fingerprint density at radius 3 is 2.70 bits per heavy atom. The standard InChI is InChI=1S/C22H29N3O2/c1-16(27-18-11-4-3-5-12-18)22(26)25(17-9-6-7-10-17)15-20-19-13-8-14-21(19)24(2)23-20/h3-5,11-12,16-17H,6-10,13-15H2,1-2H3/t16-/m1/s1. The van der Waals surface area contributed by atoms with Gasteiger partial charge in [0.1, 0.15) is 5.75 Å². The summed E-state index contributed by atoms with van der Waals surface area (Å²) in [6.45, 7) is 2.47. The predicted octanol–water partition coefficient (Wildman–Crippen LogP) is 3.65. The van der Waals surface area contributed by atoms with Crippen molar-refractivity contribution in [3.05, 3.63) is 47.3 Å². The van der Waals surface area contributed by atoms with E-state index < -0.39 is 6.10 Å². The molecule has 0 aliphatic heterocycles. The Hall–Kier alpha value is -2.30. The van der Waals surface area contributed by atoms with Crippen LogP contribution in [0.2, 0.25) is 0 Å². The molecule has 2 aliphatic rings. The molecule has 144 valence electrons. The van der Waals surface area contributed by atoms with Crippen molar-refractivity contribution < 1.29 is 9.53 Å². The molecule has 1 atom stereocenters. The molecule has 1 aromatic heterocycles. The van der Waals surface area contributed by atoms with E-state index in [-0.39, 0.29) is 5.91 Å². The first-order chi connectivity index (χ1) is 13.1. The topological polar surface area (TPSA) is 47.4 Å². The minimum Gasteiger partial charge on any atom is -0.481 e. The number of para-hydroxylation sites is 1. The second-order valence-corrected chi connectivity index (χ2v) is 7.83. The van der Waals surface area contributed by atoms with Crippen LogP contribution in [0.1, 0.15) is 56.0 Å². The number of carbonyl (C=O) groups excluding carboxylic acids is 1. The van der Waals surface area contributed by atoms with Crippen LogP contribution in [0.3, 0.4) is 0 Å². The van der Waals surface area contributed by atoms with Gasteiger partial charge in [0.2, 0.25) is 0 Å². The van der Waals surface area contributed by atoms with Gasteiger partial charge in [0.05, 0.1) is 12.2 Å². The Bertz CT molecular complexity index is 793. The van der Waals surface area contributed by atoms with Gasteiger partial charge in [-0.25, -0.2) is 0 Å². The van der Waals surface area contributed by atoms with Crippen LogP contribution in [0.15, 0.2) is 30.3 Å². The molecule has 5 heteroatoms. The maximum atomic E-state index is 13.3. The van der Waals surface area contributed by atoms with Crippen LogP contribution < -0.4 is 4.74 Å². The van der Waals surface area contributed by atoms with E-state index in [9.17, 15) is 4.79 Å². The van der Waals surface area contributed by atoms with Crippen molar-refractivity contribution >= 4 is 5.91 Å². The van der Waals surface area contributed by atoms with Crippen molar-refractivity contribution in [1.82, 2.24) is 14.7 Å². The number of carbonyl (C=O) groups is 1. The SMILES string of the molecule is C[C@@H](Oc1ccccc1)C(=O)N(Cc1nn(C)c2c1CCC2)C1CCCC1. The van der Waals surface area contributed by atoms with E-state index in [1.165, 1.54) is 30.5 Å². The summed E-state index contributed by atoms with van der Waals surface area (Å²) in [5.74, 6) is 0.812. The molecule has 1 heterocycles. The van der Waals surface area contributed by atoms with E-state index >= 15 is 0 Å².